The molecule has 0 saturated heterocycles. The van der Waals surface area contributed by atoms with Crippen molar-refractivity contribution in [2.45, 2.75) is 6.61 Å². The highest BCUT2D eigenvalue weighted by Crippen LogP contribution is 2.26. The SMILES string of the molecule is O=C(O)c1cccc(COc2cc(Br)cc(F)c2F)c1F. The minimum Gasteiger partial charge on any atom is -0.486 e. The van der Waals surface area contributed by atoms with Crippen molar-refractivity contribution >= 4 is 21.9 Å². The summed E-state index contributed by atoms with van der Waals surface area (Å²) in [6.45, 7) is -0.431. The van der Waals surface area contributed by atoms with E-state index in [-0.39, 0.29) is 10.0 Å². The topological polar surface area (TPSA) is 46.5 Å². The van der Waals surface area contributed by atoms with Crippen LogP contribution in [-0.4, -0.2) is 11.1 Å². The van der Waals surface area contributed by atoms with E-state index in [2.05, 4.69) is 15.9 Å². The third kappa shape index (κ3) is 3.36. The summed E-state index contributed by atoms with van der Waals surface area (Å²) in [4.78, 5) is 10.8. The Labute approximate surface area is 126 Å². The van der Waals surface area contributed by atoms with Gasteiger partial charge in [-0.3, -0.25) is 0 Å². The average molecular weight is 361 g/mol. The Balaban J connectivity index is 2.25. The first-order valence-corrected chi connectivity index (χ1v) is 6.47. The molecule has 0 spiro atoms. The molecule has 0 aliphatic heterocycles. The van der Waals surface area contributed by atoms with Crippen molar-refractivity contribution in [1.82, 2.24) is 0 Å². The highest BCUT2D eigenvalue weighted by atomic mass is 79.9. The quantitative estimate of drug-likeness (QED) is 0.833. The molecule has 7 heteroatoms. The zero-order chi connectivity index (χ0) is 15.6. The molecule has 21 heavy (non-hydrogen) atoms. The van der Waals surface area contributed by atoms with Crippen LogP contribution >= 0.6 is 15.9 Å². The molecule has 0 unspecified atom stereocenters. The molecule has 2 aromatic carbocycles. The van der Waals surface area contributed by atoms with Crippen LogP contribution in [0.2, 0.25) is 0 Å². The van der Waals surface area contributed by atoms with Crippen molar-refractivity contribution in [3.63, 3.8) is 0 Å². The first-order chi connectivity index (χ1) is 9.90. The van der Waals surface area contributed by atoms with Gasteiger partial charge in [-0.05, 0) is 18.2 Å². The monoisotopic (exact) mass is 360 g/mol. The number of carboxylic acid groups (broad SMARTS) is 1. The number of benzene rings is 2. The predicted octanol–water partition coefficient (Wildman–Crippen LogP) is 4.14. The van der Waals surface area contributed by atoms with E-state index in [0.717, 1.165) is 12.1 Å². The van der Waals surface area contributed by atoms with E-state index in [1.165, 1.54) is 18.2 Å². The van der Waals surface area contributed by atoms with Crippen molar-refractivity contribution in [1.29, 1.82) is 0 Å². The second-order valence-electron chi connectivity index (χ2n) is 4.07. The van der Waals surface area contributed by atoms with Gasteiger partial charge in [0.05, 0.1) is 5.56 Å². The van der Waals surface area contributed by atoms with Crippen LogP contribution in [0.25, 0.3) is 0 Å². The molecule has 0 saturated carbocycles. The van der Waals surface area contributed by atoms with Gasteiger partial charge >= 0.3 is 5.97 Å². The molecule has 1 N–H and O–H groups in total. The van der Waals surface area contributed by atoms with Crippen LogP contribution in [0.1, 0.15) is 15.9 Å². The zero-order valence-electron chi connectivity index (χ0n) is 10.4. The Morgan fingerprint density at radius 2 is 1.90 bits per heavy atom. The summed E-state index contributed by atoms with van der Waals surface area (Å²) in [5.74, 6) is -5.11. The minimum absolute atomic E-state index is 0.0744. The van der Waals surface area contributed by atoms with Crippen LogP contribution in [-0.2, 0) is 6.61 Å². The predicted molar refractivity (Wildman–Crippen MR) is 71.7 cm³/mol. The van der Waals surface area contributed by atoms with E-state index in [1.807, 2.05) is 0 Å². The summed E-state index contributed by atoms with van der Waals surface area (Å²) in [6.07, 6.45) is 0. The molecule has 0 amide bonds. The fourth-order valence-electron chi connectivity index (χ4n) is 1.65. The molecule has 0 bridgehead atoms. The highest BCUT2D eigenvalue weighted by Gasteiger charge is 2.16. The van der Waals surface area contributed by atoms with E-state index in [4.69, 9.17) is 9.84 Å². The third-order valence-electron chi connectivity index (χ3n) is 2.65. The Bertz CT molecular complexity index is 704. The summed E-state index contributed by atoms with van der Waals surface area (Å²) in [6, 6.07) is 5.85. The maximum absolute atomic E-state index is 13.8. The standard InChI is InChI=1S/C14H8BrF3O3/c15-8-4-10(16)13(18)11(5-8)21-6-7-2-1-3-9(12(7)17)14(19)20/h1-5H,6H2,(H,19,20). The Morgan fingerprint density at radius 3 is 2.57 bits per heavy atom. The zero-order valence-corrected chi connectivity index (χ0v) is 12.0. The Morgan fingerprint density at radius 1 is 1.19 bits per heavy atom. The number of ether oxygens (including phenoxy) is 1. The lowest BCUT2D eigenvalue weighted by molar-refractivity contribution is 0.0691. The van der Waals surface area contributed by atoms with Crippen LogP contribution in [0.4, 0.5) is 13.2 Å². The van der Waals surface area contributed by atoms with Gasteiger partial charge in [0.15, 0.2) is 11.6 Å². The van der Waals surface area contributed by atoms with Crippen LogP contribution < -0.4 is 4.74 Å². The molecule has 3 nitrogen and oxygen atoms in total. The largest absolute Gasteiger partial charge is 0.486 e. The van der Waals surface area contributed by atoms with Gasteiger partial charge in [0.2, 0.25) is 5.82 Å². The van der Waals surface area contributed by atoms with E-state index in [1.54, 1.807) is 0 Å². The maximum atomic E-state index is 13.8. The number of hydrogen-bond acceptors (Lipinski definition) is 2. The van der Waals surface area contributed by atoms with E-state index >= 15 is 0 Å². The lowest BCUT2D eigenvalue weighted by atomic mass is 10.1. The summed E-state index contributed by atoms with van der Waals surface area (Å²) in [5.41, 5.74) is -0.591. The smallest absolute Gasteiger partial charge is 0.338 e. The number of aromatic carboxylic acids is 1. The first kappa shape index (κ1) is 15.4. The average Bonchev–Trinajstić information content (AvgIpc) is 2.42. The van der Waals surface area contributed by atoms with Crippen LogP contribution in [0, 0.1) is 17.5 Å². The maximum Gasteiger partial charge on any atom is 0.338 e. The molecular weight excluding hydrogens is 353 g/mol. The molecule has 0 radical (unpaired) electrons. The normalized spacial score (nSPS) is 10.5. The fraction of sp³-hybridized carbons (Fsp3) is 0.0714. The highest BCUT2D eigenvalue weighted by molar-refractivity contribution is 9.10. The van der Waals surface area contributed by atoms with Crippen LogP contribution in [0.15, 0.2) is 34.8 Å². The number of carbonyl (C=O) groups is 1. The lowest BCUT2D eigenvalue weighted by Gasteiger charge is -2.10. The molecular formula is C14H8BrF3O3. The van der Waals surface area contributed by atoms with Gasteiger partial charge in [-0.1, -0.05) is 28.1 Å². The number of halogens is 4. The second-order valence-corrected chi connectivity index (χ2v) is 4.99. The Hall–Kier alpha value is -2.02. The van der Waals surface area contributed by atoms with Crippen molar-refractivity contribution in [2.24, 2.45) is 0 Å². The molecule has 2 aromatic rings. The molecule has 110 valence electrons. The van der Waals surface area contributed by atoms with Gasteiger partial charge < -0.3 is 9.84 Å². The third-order valence-corrected chi connectivity index (χ3v) is 3.11. The molecule has 0 aliphatic rings. The minimum atomic E-state index is -1.42. The van der Waals surface area contributed by atoms with Gasteiger partial charge in [-0.2, -0.15) is 4.39 Å². The van der Waals surface area contributed by atoms with Gasteiger partial charge in [-0.25, -0.2) is 13.6 Å². The van der Waals surface area contributed by atoms with Crippen molar-refractivity contribution < 1.29 is 27.8 Å². The molecule has 0 aromatic heterocycles. The summed E-state index contributed by atoms with van der Waals surface area (Å²) < 4.78 is 45.8. The lowest BCUT2D eigenvalue weighted by Crippen LogP contribution is -2.06. The van der Waals surface area contributed by atoms with Gasteiger partial charge in [-0.15, -0.1) is 0 Å². The fourth-order valence-corrected chi connectivity index (χ4v) is 2.06. The molecule has 0 atom stereocenters. The molecule has 0 heterocycles. The molecule has 2 rings (SSSR count). The molecule has 0 aliphatic carbocycles. The van der Waals surface area contributed by atoms with Gasteiger partial charge in [0, 0.05) is 10.0 Å². The van der Waals surface area contributed by atoms with Gasteiger partial charge in [0.25, 0.3) is 0 Å². The summed E-state index contributed by atoms with van der Waals surface area (Å²) >= 11 is 2.98. The first-order valence-electron chi connectivity index (χ1n) is 5.68. The van der Waals surface area contributed by atoms with Crippen molar-refractivity contribution in [3.8, 4) is 5.75 Å². The number of rotatable bonds is 4. The number of carboxylic acids is 1. The molecule has 0 fully saturated rings. The van der Waals surface area contributed by atoms with Crippen LogP contribution in [0.3, 0.4) is 0 Å². The van der Waals surface area contributed by atoms with E-state index < -0.39 is 41.3 Å². The van der Waals surface area contributed by atoms with Gasteiger partial charge in [0.1, 0.15) is 12.4 Å². The second kappa shape index (κ2) is 6.17. The van der Waals surface area contributed by atoms with E-state index in [9.17, 15) is 18.0 Å². The summed E-state index contributed by atoms with van der Waals surface area (Å²) in [7, 11) is 0. The number of hydrogen-bond donors (Lipinski definition) is 1. The Kier molecular flexibility index (Phi) is 4.52. The van der Waals surface area contributed by atoms with Crippen molar-refractivity contribution in [3.05, 3.63) is 63.4 Å². The van der Waals surface area contributed by atoms with Crippen molar-refractivity contribution in [2.75, 3.05) is 0 Å². The summed E-state index contributed by atoms with van der Waals surface area (Å²) in [5, 5.41) is 8.80. The van der Waals surface area contributed by atoms with Crippen LogP contribution in [0.5, 0.6) is 5.75 Å². The van der Waals surface area contributed by atoms with E-state index in [0.29, 0.717) is 0 Å².